The van der Waals surface area contributed by atoms with Crippen LogP contribution in [0.1, 0.15) is 29.2 Å². The van der Waals surface area contributed by atoms with E-state index in [1.807, 2.05) is 78.9 Å². The molecule has 2 amide bonds. The Morgan fingerprint density at radius 1 is 0.893 bits per heavy atom. The quantitative estimate of drug-likeness (QED) is 0.643. The molecule has 1 aliphatic rings. The zero-order valence-electron chi connectivity index (χ0n) is 15.3. The second-order valence-corrected chi connectivity index (χ2v) is 6.52. The number of amides is 2. The molecule has 0 aromatic heterocycles. The largest absolute Gasteiger partial charge is 0.493 e. The normalized spacial score (nSPS) is 14.6. The van der Waals surface area contributed by atoms with E-state index in [2.05, 4.69) is 22.5 Å². The molecule has 2 N–H and O–H groups in total. The fourth-order valence-corrected chi connectivity index (χ4v) is 3.16. The summed E-state index contributed by atoms with van der Waals surface area (Å²) >= 11 is 0. The van der Waals surface area contributed by atoms with Gasteiger partial charge in [0.25, 0.3) is 0 Å². The molecule has 1 unspecified atom stereocenters. The highest BCUT2D eigenvalue weighted by Crippen LogP contribution is 2.31. The van der Waals surface area contributed by atoms with Gasteiger partial charge in [-0.3, -0.25) is 0 Å². The molecule has 1 atom stereocenters. The van der Waals surface area contributed by atoms with Crippen LogP contribution in [-0.4, -0.2) is 12.6 Å². The number of hydrogen-bond donors (Lipinski definition) is 2. The number of carbonyl (C=O) groups is 1. The Bertz CT molecular complexity index is 1030. The number of urea groups is 1. The summed E-state index contributed by atoms with van der Waals surface area (Å²) in [7, 11) is 0. The van der Waals surface area contributed by atoms with Crippen LogP contribution >= 0.6 is 0 Å². The van der Waals surface area contributed by atoms with E-state index in [4.69, 9.17) is 4.74 Å². The third-order valence-electron chi connectivity index (χ3n) is 4.51. The molecular weight excluding hydrogens is 348 g/mol. The predicted molar refractivity (Wildman–Crippen MR) is 110 cm³/mol. The SMILES string of the molecule is O=C(Nc1cccc(C#Cc2ccccc2)c1)NC1CCOc2ccccc21. The fraction of sp³-hybridized carbons (Fsp3) is 0.125. The van der Waals surface area contributed by atoms with Gasteiger partial charge >= 0.3 is 6.03 Å². The van der Waals surface area contributed by atoms with E-state index in [0.717, 1.165) is 28.9 Å². The molecule has 0 bridgehead atoms. The van der Waals surface area contributed by atoms with Crippen LogP contribution in [0.25, 0.3) is 0 Å². The summed E-state index contributed by atoms with van der Waals surface area (Å²) < 4.78 is 5.65. The Kier molecular flexibility index (Phi) is 5.26. The van der Waals surface area contributed by atoms with E-state index in [9.17, 15) is 4.79 Å². The predicted octanol–water partition coefficient (Wildman–Crippen LogP) is 4.73. The average Bonchev–Trinajstić information content (AvgIpc) is 2.73. The molecule has 1 heterocycles. The van der Waals surface area contributed by atoms with E-state index in [1.54, 1.807) is 0 Å². The molecule has 3 aromatic rings. The van der Waals surface area contributed by atoms with Gasteiger partial charge in [0.2, 0.25) is 0 Å². The molecule has 4 nitrogen and oxygen atoms in total. The number of hydrogen-bond acceptors (Lipinski definition) is 2. The number of para-hydroxylation sites is 1. The van der Waals surface area contributed by atoms with Gasteiger partial charge in [-0.05, 0) is 36.4 Å². The van der Waals surface area contributed by atoms with E-state index in [1.165, 1.54) is 0 Å². The van der Waals surface area contributed by atoms with Crippen LogP contribution in [0, 0.1) is 11.8 Å². The van der Waals surface area contributed by atoms with Gasteiger partial charge in [-0.15, -0.1) is 0 Å². The van der Waals surface area contributed by atoms with Gasteiger partial charge in [0.1, 0.15) is 5.75 Å². The number of carbonyl (C=O) groups excluding carboxylic acids is 1. The molecule has 28 heavy (non-hydrogen) atoms. The zero-order valence-corrected chi connectivity index (χ0v) is 15.3. The Morgan fingerprint density at radius 3 is 2.54 bits per heavy atom. The van der Waals surface area contributed by atoms with E-state index >= 15 is 0 Å². The van der Waals surface area contributed by atoms with Crippen LogP contribution in [0.15, 0.2) is 78.9 Å². The fourth-order valence-electron chi connectivity index (χ4n) is 3.16. The number of fused-ring (bicyclic) bond motifs is 1. The molecule has 0 aliphatic carbocycles. The van der Waals surface area contributed by atoms with Crippen LogP contribution in [0.4, 0.5) is 10.5 Å². The van der Waals surface area contributed by atoms with Crippen molar-refractivity contribution < 1.29 is 9.53 Å². The maximum absolute atomic E-state index is 12.5. The van der Waals surface area contributed by atoms with Crippen molar-refractivity contribution in [2.24, 2.45) is 0 Å². The lowest BCUT2D eigenvalue weighted by atomic mass is 10.0. The molecule has 4 rings (SSSR count). The van der Waals surface area contributed by atoms with Crippen molar-refractivity contribution >= 4 is 11.7 Å². The van der Waals surface area contributed by atoms with Crippen LogP contribution in [0.3, 0.4) is 0 Å². The molecule has 0 radical (unpaired) electrons. The molecule has 1 aliphatic heterocycles. The summed E-state index contributed by atoms with van der Waals surface area (Å²) in [6.07, 6.45) is 0.743. The summed E-state index contributed by atoms with van der Waals surface area (Å²) in [5.74, 6) is 7.09. The highest BCUT2D eigenvalue weighted by molar-refractivity contribution is 5.89. The van der Waals surface area contributed by atoms with Gasteiger partial charge in [0.15, 0.2) is 0 Å². The molecule has 0 spiro atoms. The summed E-state index contributed by atoms with van der Waals surface area (Å²) in [5.41, 5.74) is 3.51. The molecule has 0 saturated carbocycles. The minimum absolute atomic E-state index is 0.0639. The van der Waals surface area contributed by atoms with Gasteiger partial charge in [-0.1, -0.05) is 54.3 Å². The van der Waals surface area contributed by atoms with Gasteiger partial charge in [0.05, 0.1) is 12.6 Å². The minimum Gasteiger partial charge on any atom is -0.493 e. The van der Waals surface area contributed by atoms with Crippen molar-refractivity contribution in [3.8, 4) is 17.6 Å². The van der Waals surface area contributed by atoms with Gasteiger partial charge in [0, 0.05) is 28.8 Å². The van der Waals surface area contributed by atoms with Crippen LogP contribution in [-0.2, 0) is 0 Å². The molecule has 0 fully saturated rings. The molecule has 3 aromatic carbocycles. The lowest BCUT2D eigenvalue weighted by Gasteiger charge is -2.26. The van der Waals surface area contributed by atoms with Gasteiger partial charge < -0.3 is 15.4 Å². The van der Waals surface area contributed by atoms with E-state index in [-0.39, 0.29) is 12.1 Å². The minimum atomic E-state index is -0.241. The number of benzene rings is 3. The van der Waals surface area contributed by atoms with Crippen molar-refractivity contribution in [1.82, 2.24) is 5.32 Å². The van der Waals surface area contributed by atoms with Crippen molar-refractivity contribution in [3.05, 3.63) is 95.6 Å². The van der Waals surface area contributed by atoms with Crippen LogP contribution in [0.5, 0.6) is 5.75 Å². The zero-order chi connectivity index (χ0) is 19.2. The Morgan fingerprint density at radius 2 is 1.64 bits per heavy atom. The summed E-state index contributed by atoms with van der Waals surface area (Å²) in [6.45, 7) is 0.590. The summed E-state index contributed by atoms with van der Waals surface area (Å²) in [6, 6.07) is 24.8. The summed E-state index contributed by atoms with van der Waals surface area (Å²) in [5, 5.41) is 5.93. The van der Waals surface area contributed by atoms with Crippen molar-refractivity contribution in [2.75, 3.05) is 11.9 Å². The first-order valence-electron chi connectivity index (χ1n) is 9.24. The number of ether oxygens (including phenoxy) is 1. The number of nitrogens with one attached hydrogen (secondary N) is 2. The van der Waals surface area contributed by atoms with Crippen molar-refractivity contribution in [2.45, 2.75) is 12.5 Å². The molecule has 4 heteroatoms. The maximum atomic E-state index is 12.5. The lowest BCUT2D eigenvalue weighted by molar-refractivity contribution is 0.232. The average molecular weight is 368 g/mol. The first kappa shape index (κ1) is 17.7. The monoisotopic (exact) mass is 368 g/mol. The second kappa shape index (κ2) is 8.32. The van der Waals surface area contributed by atoms with E-state index in [0.29, 0.717) is 12.3 Å². The molecular formula is C24H20N2O2. The first-order chi connectivity index (χ1) is 13.8. The Balaban J connectivity index is 1.42. The highest BCUT2D eigenvalue weighted by atomic mass is 16.5. The van der Waals surface area contributed by atoms with E-state index < -0.39 is 0 Å². The first-order valence-corrected chi connectivity index (χ1v) is 9.24. The highest BCUT2D eigenvalue weighted by Gasteiger charge is 2.22. The summed E-state index contributed by atoms with van der Waals surface area (Å²) in [4.78, 5) is 12.5. The standard InChI is InChI=1S/C24H20N2O2/c27-24(26-22-15-16-28-23-12-5-4-11-21(22)23)25-20-10-6-9-19(17-20)14-13-18-7-2-1-3-8-18/h1-12,17,22H,15-16H2,(H2,25,26,27). The molecule has 138 valence electrons. The number of rotatable bonds is 2. The Labute approximate surface area is 164 Å². The van der Waals surface area contributed by atoms with Crippen LogP contribution < -0.4 is 15.4 Å². The van der Waals surface area contributed by atoms with Crippen LogP contribution in [0.2, 0.25) is 0 Å². The van der Waals surface area contributed by atoms with Crippen molar-refractivity contribution in [3.63, 3.8) is 0 Å². The Hall–Kier alpha value is -3.71. The topological polar surface area (TPSA) is 50.4 Å². The lowest BCUT2D eigenvalue weighted by Crippen LogP contribution is -2.35. The smallest absolute Gasteiger partial charge is 0.319 e. The molecule has 0 saturated heterocycles. The third-order valence-corrected chi connectivity index (χ3v) is 4.51. The third kappa shape index (κ3) is 4.33. The van der Waals surface area contributed by atoms with Gasteiger partial charge in [-0.25, -0.2) is 4.79 Å². The van der Waals surface area contributed by atoms with Gasteiger partial charge in [-0.2, -0.15) is 0 Å². The van der Waals surface area contributed by atoms with Crippen molar-refractivity contribution in [1.29, 1.82) is 0 Å². The maximum Gasteiger partial charge on any atom is 0.319 e. The second-order valence-electron chi connectivity index (χ2n) is 6.52. The number of anilines is 1.